The van der Waals surface area contributed by atoms with Crippen molar-refractivity contribution in [2.24, 2.45) is 0 Å². The summed E-state index contributed by atoms with van der Waals surface area (Å²) in [6.45, 7) is 5.23. The number of hydrogen-bond acceptors (Lipinski definition) is 4. The van der Waals surface area contributed by atoms with Crippen LogP contribution in [0, 0.1) is 27.5 Å². The van der Waals surface area contributed by atoms with Crippen LogP contribution in [0.5, 0.6) is 0 Å². The molecule has 3 rings (SSSR count). The predicted molar refractivity (Wildman–Crippen MR) is 128 cm³/mol. The number of nitro benzene ring substituents is 1. The standard InChI is InChI=1S/C23H20IN3O4/c1-14-12-17(15(2)26(14)20-8-4-18(24)5-9-20)13-22(16(3)28)23(29)25-19-6-10-21(11-7-19)27(30)31/h4-13H,1-3H3,(H,25,29)/b22-13+. The number of non-ortho nitro benzene ring substituents is 1. The van der Waals surface area contributed by atoms with Crippen molar-refractivity contribution in [1.82, 2.24) is 4.57 Å². The third-order valence-corrected chi connectivity index (χ3v) is 5.53. The first-order chi connectivity index (χ1) is 14.7. The van der Waals surface area contributed by atoms with Crippen LogP contribution in [0.25, 0.3) is 11.8 Å². The third kappa shape index (κ3) is 5.08. The maximum atomic E-state index is 12.7. The SMILES string of the molecule is CC(=O)/C(=C\c1cc(C)n(-c2ccc(I)cc2)c1C)C(=O)Nc1ccc([N+](=O)[O-])cc1. The Morgan fingerprint density at radius 1 is 1.06 bits per heavy atom. The first kappa shape index (κ1) is 22.4. The monoisotopic (exact) mass is 529 g/mol. The summed E-state index contributed by atoms with van der Waals surface area (Å²) in [4.78, 5) is 35.2. The van der Waals surface area contributed by atoms with Gasteiger partial charge >= 0.3 is 0 Å². The number of hydrogen-bond donors (Lipinski definition) is 1. The van der Waals surface area contributed by atoms with Gasteiger partial charge in [-0.15, -0.1) is 0 Å². The van der Waals surface area contributed by atoms with Crippen molar-refractivity contribution in [1.29, 1.82) is 0 Å². The molecule has 0 saturated carbocycles. The molecule has 0 radical (unpaired) electrons. The van der Waals surface area contributed by atoms with E-state index in [-0.39, 0.29) is 17.0 Å². The summed E-state index contributed by atoms with van der Waals surface area (Å²) in [5.41, 5.74) is 3.93. The molecular weight excluding hydrogens is 509 g/mol. The van der Waals surface area contributed by atoms with Crippen molar-refractivity contribution in [3.8, 4) is 5.69 Å². The summed E-state index contributed by atoms with van der Waals surface area (Å²) in [5, 5.41) is 13.4. The van der Waals surface area contributed by atoms with E-state index >= 15 is 0 Å². The molecular formula is C23H20IN3O4. The minimum Gasteiger partial charge on any atom is -0.322 e. The predicted octanol–water partition coefficient (Wildman–Crippen LogP) is 5.22. The molecule has 31 heavy (non-hydrogen) atoms. The molecule has 3 aromatic rings. The van der Waals surface area contributed by atoms with E-state index in [9.17, 15) is 19.7 Å². The molecule has 1 heterocycles. The number of carbonyl (C=O) groups is 2. The fourth-order valence-electron chi connectivity index (χ4n) is 3.27. The van der Waals surface area contributed by atoms with E-state index in [1.807, 2.05) is 44.2 Å². The average molecular weight is 529 g/mol. The van der Waals surface area contributed by atoms with E-state index in [2.05, 4.69) is 32.5 Å². The van der Waals surface area contributed by atoms with Crippen LogP contribution in [0.4, 0.5) is 11.4 Å². The van der Waals surface area contributed by atoms with Crippen LogP contribution in [0.15, 0.2) is 60.2 Å². The number of anilines is 1. The van der Waals surface area contributed by atoms with Crippen molar-refractivity contribution in [3.05, 3.63) is 90.8 Å². The van der Waals surface area contributed by atoms with Crippen LogP contribution in [-0.2, 0) is 9.59 Å². The molecule has 0 aliphatic heterocycles. The lowest BCUT2D eigenvalue weighted by molar-refractivity contribution is -0.384. The fraction of sp³-hybridized carbons (Fsp3) is 0.130. The lowest BCUT2D eigenvalue weighted by Crippen LogP contribution is -2.19. The number of aryl methyl sites for hydroxylation is 1. The Labute approximate surface area is 193 Å². The third-order valence-electron chi connectivity index (χ3n) is 4.81. The zero-order valence-electron chi connectivity index (χ0n) is 17.2. The second kappa shape index (κ2) is 9.25. The Balaban J connectivity index is 1.92. The van der Waals surface area contributed by atoms with Crippen molar-refractivity contribution in [2.75, 3.05) is 5.32 Å². The van der Waals surface area contributed by atoms with Gasteiger partial charge in [0.15, 0.2) is 5.78 Å². The van der Waals surface area contributed by atoms with Gasteiger partial charge in [0.1, 0.15) is 0 Å². The molecule has 1 amide bonds. The molecule has 7 nitrogen and oxygen atoms in total. The molecule has 0 bridgehead atoms. The highest BCUT2D eigenvalue weighted by atomic mass is 127. The molecule has 0 saturated heterocycles. The first-order valence-electron chi connectivity index (χ1n) is 9.40. The highest BCUT2D eigenvalue weighted by molar-refractivity contribution is 14.1. The molecule has 1 aromatic heterocycles. The summed E-state index contributed by atoms with van der Waals surface area (Å²) in [6.07, 6.45) is 1.58. The topological polar surface area (TPSA) is 94.2 Å². The maximum Gasteiger partial charge on any atom is 0.269 e. The van der Waals surface area contributed by atoms with E-state index in [4.69, 9.17) is 0 Å². The molecule has 0 atom stereocenters. The highest BCUT2D eigenvalue weighted by Crippen LogP contribution is 2.24. The number of Topliss-reactive ketones (excluding diaryl/α,β-unsaturated/α-hetero) is 1. The van der Waals surface area contributed by atoms with E-state index in [1.165, 1.54) is 31.2 Å². The largest absolute Gasteiger partial charge is 0.322 e. The summed E-state index contributed by atoms with van der Waals surface area (Å²) in [7, 11) is 0. The first-order valence-corrected chi connectivity index (χ1v) is 10.5. The quantitative estimate of drug-likeness (QED) is 0.118. The second-order valence-electron chi connectivity index (χ2n) is 7.01. The number of carbonyl (C=O) groups excluding carboxylic acids is 2. The van der Waals surface area contributed by atoms with E-state index < -0.39 is 10.8 Å². The van der Waals surface area contributed by atoms with Crippen molar-refractivity contribution in [3.63, 3.8) is 0 Å². The fourth-order valence-corrected chi connectivity index (χ4v) is 3.63. The van der Waals surface area contributed by atoms with Crippen LogP contribution in [0.2, 0.25) is 0 Å². The molecule has 0 fully saturated rings. The van der Waals surface area contributed by atoms with Crippen molar-refractivity contribution >= 4 is 51.7 Å². The van der Waals surface area contributed by atoms with Gasteiger partial charge in [0.2, 0.25) is 0 Å². The Hall–Kier alpha value is -3.27. The van der Waals surface area contributed by atoms with Gasteiger partial charge in [0, 0.05) is 38.5 Å². The minimum absolute atomic E-state index is 0.00112. The zero-order valence-corrected chi connectivity index (χ0v) is 19.3. The lowest BCUT2D eigenvalue weighted by Gasteiger charge is -2.10. The number of aromatic nitrogens is 1. The van der Waals surface area contributed by atoms with Gasteiger partial charge in [-0.3, -0.25) is 19.7 Å². The number of halogens is 1. The number of benzene rings is 2. The van der Waals surface area contributed by atoms with Crippen LogP contribution < -0.4 is 5.32 Å². The summed E-state index contributed by atoms with van der Waals surface area (Å²) in [5.74, 6) is -0.945. The van der Waals surface area contributed by atoms with Gasteiger partial charge in [-0.2, -0.15) is 0 Å². The Kier molecular flexibility index (Phi) is 6.69. The van der Waals surface area contributed by atoms with Crippen LogP contribution in [0.3, 0.4) is 0 Å². The minimum atomic E-state index is -0.569. The maximum absolute atomic E-state index is 12.7. The van der Waals surface area contributed by atoms with Crippen LogP contribution in [0.1, 0.15) is 23.9 Å². The van der Waals surface area contributed by atoms with Gasteiger partial charge in [-0.05, 0) is 97.5 Å². The molecule has 158 valence electrons. The van der Waals surface area contributed by atoms with E-state index in [0.717, 1.165) is 26.2 Å². The Morgan fingerprint density at radius 2 is 1.68 bits per heavy atom. The molecule has 1 N–H and O–H groups in total. The molecule has 0 unspecified atom stereocenters. The van der Waals surface area contributed by atoms with Crippen molar-refractivity contribution in [2.45, 2.75) is 20.8 Å². The molecule has 8 heteroatoms. The highest BCUT2D eigenvalue weighted by Gasteiger charge is 2.18. The second-order valence-corrected chi connectivity index (χ2v) is 8.26. The van der Waals surface area contributed by atoms with Gasteiger partial charge in [-0.25, -0.2) is 0 Å². The van der Waals surface area contributed by atoms with Crippen molar-refractivity contribution < 1.29 is 14.5 Å². The van der Waals surface area contributed by atoms with Gasteiger partial charge in [0.25, 0.3) is 11.6 Å². The average Bonchev–Trinajstić information content (AvgIpc) is 3.00. The Morgan fingerprint density at radius 3 is 2.23 bits per heavy atom. The van der Waals surface area contributed by atoms with Gasteiger partial charge in [0.05, 0.1) is 10.5 Å². The lowest BCUT2D eigenvalue weighted by atomic mass is 10.1. The van der Waals surface area contributed by atoms with Gasteiger partial charge < -0.3 is 9.88 Å². The molecule has 2 aromatic carbocycles. The summed E-state index contributed by atoms with van der Waals surface area (Å²) >= 11 is 2.25. The smallest absolute Gasteiger partial charge is 0.269 e. The zero-order chi connectivity index (χ0) is 22.7. The van der Waals surface area contributed by atoms with E-state index in [0.29, 0.717) is 5.69 Å². The number of nitrogens with zero attached hydrogens (tertiary/aromatic N) is 2. The molecule has 0 aliphatic rings. The number of amides is 1. The van der Waals surface area contributed by atoms with Crippen LogP contribution in [-0.4, -0.2) is 21.2 Å². The van der Waals surface area contributed by atoms with Crippen LogP contribution >= 0.6 is 22.6 Å². The normalized spacial score (nSPS) is 11.3. The summed E-state index contributed by atoms with van der Waals surface area (Å²) < 4.78 is 3.19. The molecule has 0 aliphatic carbocycles. The number of nitrogens with one attached hydrogen (secondary N) is 1. The van der Waals surface area contributed by atoms with Gasteiger partial charge in [-0.1, -0.05) is 0 Å². The number of rotatable bonds is 6. The number of nitro groups is 1. The number of ketones is 1. The Bertz CT molecular complexity index is 1190. The molecule has 0 spiro atoms. The van der Waals surface area contributed by atoms with E-state index in [1.54, 1.807) is 6.08 Å². The summed E-state index contributed by atoms with van der Waals surface area (Å²) in [6, 6.07) is 15.4.